The van der Waals surface area contributed by atoms with Crippen LogP contribution in [-0.2, 0) is 0 Å². The third-order valence-electron chi connectivity index (χ3n) is 1.53. The van der Waals surface area contributed by atoms with Gasteiger partial charge in [0.15, 0.2) is 0 Å². The molecule has 66 valence electrons. The first-order valence-corrected chi connectivity index (χ1v) is 3.79. The maximum absolute atomic E-state index is 11.1. The summed E-state index contributed by atoms with van der Waals surface area (Å²) >= 11 is 0. The van der Waals surface area contributed by atoms with Crippen LogP contribution in [0.5, 0.6) is 0 Å². The van der Waals surface area contributed by atoms with E-state index < -0.39 is 0 Å². The van der Waals surface area contributed by atoms with Crippen LogP contribution in [0, 0.1) is 5.21 Å². The summed E-state index contributed by atoms with van der Waals surface area (Å²) in [4.78, 5) is 0. The van der Waals surface area contributed by atoms with Gasteiger partial charge in [0.05, 0.1) is 6.20 Å². The zero-order valence-corrected chi connectivity index (χ0v) is 7.14. The van der Waals surface area contributed by atoms with Crippen LogP contribution in [0.25, 0.3) is 0 Å². The lowest BCUT2D eigenvalue weighted by atomic mass is 10.3. The van der Waals surface area contributed by atoms with E-state index in [1.165, 1.54) is 6.20 Å². The lowest BCUT2D eigenvalue weighted by Crippen LogP contribution is -2.39. The van der Waals surface area contributed by atoms with Crippen LogP contribution < -0.4 is 9.79 Å². The van der Waals surface area contributed by atoms with E-state index in [9.17, 15) is 10.4 Å². The summed E-state index contributed by atoms with van der Waals surface area (Å²) in [5, 5.41) is 21.4. The Bertz CT molecular complexity index is 263. The standard InChI is InChI=1S/C8H12N2O2/c1-7(2)10(12)8-5-3-4-6-9(8)11/h3-7,12H,1-2H3. The van der Waals surface area contributed by atoms with Crippen LogP contribution in [-0.4, -0.2) is 11.2 Å². The van der Waals surface area contributed by atoms with Gasteiger partial charge in [-0.15, -0.1) is 5.06 Å². The molecular formula is C8H12N2O2. The van der Waals surface area contributed by atoms with E-state index in [4.69, 9.17) is 0 Å². The molecule has 0 unspecified atom stereocenters. The van der Waals surface area contributed by atoms with Crippen LogP contribution in [0.3, 0.4) is 0 Å². The molecule has 0 bridgehead atoms. The van der Waals surface area contributed by atoms with Crippen molar-refractivity contribution in [1.82, 2.24) is 0 Å². The molecule has 0 radical (unpaired) electrons. The molecule has 1 N–H and O–H groups in total. The summed E-state index contributed by atoms with van der Waals surface area (Å²) in [5.74, 6) is 0.243. The number of aromatic nitrogens is 1. The molecule has 4 heteroatoms. The van der Waals surface area contributed by atoms with Gasteiger partial charge >= 0.3 is 5.82 Å². The highest BCUT2D eigenvalue weighted by atomic mass is 16.5. The smallest absolute Gasteiger partial charge is 0.310 e. The Morgan fingerprint density at radius 1 is 1.50 bits per heavy atom. The van der Waals surface area contributed by atoms with Crippen molar-refractivity contribution in [1.29, 1.82) is 0 Å². The van der Waals surface area contributed by atoms with Crippen molar-refractivity contribution in [2.75, 3.05) is 5.06 Å². The molecule has 0 aromatic carbocycles. The number of anilines is 1. The minimum absolute atomic E-state index is 0.104. The zero-order valence-electron chi connectivity index (χ0n) is 7.14. The highest BCUT2D eigenvalue weighted by Gasteiger charge is 2.17. The average Bonchev–Trinajstić information content (AvgIpc) is 2.04. The summed E-state index contributed by atoms with van der Waals surface area (Å²) < 4.78 is 0.625. The maximum atomic E-state index is 11.1. The molecule has 1 rings (SSSR count). The van der Waals surface area contributed by atoms with E-state index in [1.54, 1.807) is 32.0 Å². The molecule has 1 aromatic heterocycles. The Labute approximate surface area is 71.2 Å². The largest absolute Gasteiger partial charge is 0.711 e. The predicted octanol–water partition coefficient (Wildman–Crippen LogP) is 0.924. The molecule has 1 aromatic rings. The normalized spacial score (nSPS) is 10.3. The highest BCUT2D eigenvalue weighted by Crippen LogP contribution is 2.07. The van der Waals surface area contributed by atoms with Gasteiger partial charge in [0, 0.05) is 6.07 Å². The molecule has 0 saturated heterocycles. The topological polar surface area (TPSA) is 50.4 Å². The molecule has 0 amide bonds. The maximum Gasteiger partial charge on any atom is 0.310 e. The van der Waals surface area contributed by atoms with Crippen molar-refractivity contribution in [3.8, 4) is 0 Å². The minimum Gasteiger partial charge on any atom is -0.711 e. The predicted molar refractivity (Wildman–Crippen MR) is 44.8 cm³/mol. The van der Waals surface area contributed by atoms with Crippen molar-refractivity contribution in [3.63, 3.8) is 0 Å². The van der Waals surface area contributed by atoms with Gasteiger partial charge in [-0.3, -0.25) is 0 Å². The number of hydrogen-bond acceptors (Lipinski definition) is 3. The molecule has 0 aliphatic rings. The fourth-order valence-electron chi connectivity index (χ4n) is 0.861. The van der Waals surface area contributed by atoms with Gasteiger partial charge in [0.2, 0.25) is 0 Å². The third-order valence-corrected chi connectivity index (χ3v) is 1.53. The summed E-state index contributed by atoms with van der Waals surface area (Å²) in [6, 6.07) is 4.78. The Morgan fingerprint density at radius 2 is 2.17 bits per heavy atom. The average molecular weight is 168 g/mol. The van der Waals surface area contributed by atoms with Gasteiger partial charge < -0.3 is 5.21 Å². The first-order valence-electron chi connectivity index (χ1n) is 3.79. The first kappa shape index (κ1) is 8.80. The molecule has 12 heavy (non-hydrogen) atoms. The first-order chi connectivity index (χ1) is 5.63. The van der Waals surface area contributed by atoms with Crippen molar-refractivity contribution in [3.05, 3.63) is 29.6 Å². The Morgan fingerprint density at radius 3 is 2.67 bits per heavy atom. The SMILES string of the molecule is CC(C)N(O)c1cccc[n+]1[O-]. The van der Waals surface area contributed by atoms with Crippen LogP contribution >= 0.6 is 0 Å². The van der Waals surface area contributed by atoms with E-state index >= 15 is 0 Å². The molecule has 0 saturated carbocycles. The van der Waals surface area contributed by atoms with Crippen molar-refractivity contribution in [2.45, 2.75) is 19.9 Å². The van der Waals surface area contributed by atoms with Gasteiger partial charge in [0.25, 0.3) is 0 Å². The van der Waals surface area contributed by atoms with E-state index in [2.05, 4.69) is 0 Å². The van der Waals surface area contributed by atoms with Crippen LogP contribution in [0.15, 0.2) is 24.4 Å². The Balaban J connectivity index is 2.94. The van der Waals surface area contributed by atoms with Gasteiger partial charge in [-0.1, -0.05) is 6.07 Å². The van der Waals surface area contributed by atoms with Gasteiger partial charge in [-0.2, -0.15) is 0 Å². The van der Waals surface area contributed by atoms with Crippen molar-refractivity contribution < 1.29 is 9.94 Å². The molecule has 1 heterocycles. The monoisotopic (exact) mass is 168 g/mol. The molecule has 0 spiro atoms. The van der Waals surface area contributed by atoms with E-state index in [1.807, 2.05) is 0 Å². The third kappa shape index (κ3) is 1.65. The summed E-state index contributed by atoms with van der Waals surface area (Å²) in [6.45, 7) is 3.60. The number of pyridine rings is 1. The van der Waals surface area contributed by atoms with E-state index in [0.717, 1.165) is 5.06 Å². The van der Waals surface area contributed by atoms with Gasteiger partial charge in [-0.25, -0.2) is 9.94 Å². The van der Waals surface area contributed by atoms with Crippen molar-refractivity contribution in [2.24, 2.45) is 0 Å². The van der Waals surface area contributed by atoms with Crippen LogP contribution in [0.1, 0.15) is 13.8 Å². The fraction of sp³-hybridized carbons (Fsp3) is 0.375. The summed E-state index contributed by atoms with van der Waals surface area (Å²) in [7, 11) is 0. The fourth-order valence-corrected chi connectivity index (χ4v) is 0.861. The number of hydroxylamine groups is 1. The molecule has 4 nitrogen and oxygen atoms in total. The molecule has 0 aliphatic carbocycles. The van der Waals surface area contributed by atoms with E-state index in [0.29, 0.717) is 4.73 Å². The lowest BCUT2D eigenvalue weighted by Gasteiger charge is -2.16. The molecule has 0 fully saturated rings. The number of hydrogen-bond donors (Lipinski definition) is 1. The van der Waals surface area contributed by atoms with Crippen LogP contribution in [0.2, 0.25) is 0 Å². The quantitative estimate of drug-likeness (QED) is 0.406. The summed E-state index contributed by atoms with van der Waals surface area (Å²) in [6.07, 6.45) is 1.35. The minimum atomic E-state index is -0.104. The molecular weight excluding hydrogens is 156 g/mol. The Hall–Kier alpha value is -1.29. The van der Waals surface area contributed by atoms with Gasteiger partial charge in [-0.05, 0) is 19.9 Å². The lowest BCUT2D eigenvalue weighted by molar-refractivity contribution is -0.594. The highest BCUT2D eigenvalue weighted by molar-refractivity contribution is 5.29. The summed E-state index contributed by atoms with van der Waals surface area (Å²) in [5.41, 5.74) is 0. The van der Waals surface area contributed by atoms with Crippen LogP contribution in [0.4, 0.5) is 5.82 Å². The number of rotatable bonds is 2. The Kier molecular flexibility index (Phi) is 2.50. The second-order valence-corrected chi connectivity index (χ2v) is 2.82. The van der Waals surface area contributed by atoms with Gasteiger partial charge in [0.1, 0.15) is 6.04 Å². The second kappa shape index (κ2) is 3.40. The number of nitrogens with zero attached hydrogens (tertiary/aromatic N) is 2. The van der Waals surface area contributed by atoms with Crippen molar-refractivity contribution >= 4 is 5.82 Å². The molecule has 0 atom stereocenters. The zero-order chi connectivity index (χ0) is 9.14. The van der Waals surface area contributed by atoms with E-state index in [-0.39, 0.29) is 11.9 Å². The molecule has 0 aliphatic heterocycles. The second-order valence-electron chi connectivity index (χ2n) is 2.82.